The number of nitrogens with one attached hydrogen (secondary N) is 2. The molecule has 1 aromatic heterocycles. The predicted molar refractivity (Wildman–Crippen MR) is 94.3 cm³/mol. The van der Waals surface area contributed by atoms with Gasteiger partial charge in [-0.1, -0.05) is 60.7 Å². The SMILES string of the molecule is O=c1[nH]cc(C(c2ccccc2)[S+]([O-])Cc2ccccc2)c(=O)[nH]1. The second-order valence-electron chi connectivity index (χ2n) is 5.33. The molecule has 2 N–H and O–H groups in total. The first kappa shape index (κ1) is 16.3. The second kappa shape index (κ2) is 7.33. The van der Waals surface area contributed by atoms with Crippen molar-refractivity contribution < 1.29 is 4.55 Å². The van der Waals surface area contributed by atoms with Gasteiger partial charge >= 0.3 is 5.69 Å². The molecule has 0 saturated carbocycles. The van der Waals surface area contributed by atoms with Crippen LogP contribution < -0.4 is 11.2 Å². The fraction of sp³-hybridized carbons (Fsp3) is 0.111. The number of benzene rings is 2. The molecule has 0 aliphatic rings. The third-order valence-electron chi connectivity index (χ3n) is 3.65. The number of aromatic amines is 2. The molecule has 5 nitrogen and oxygen atoms in total. The van der Waals surface area contributed by atoms with Crippen molar-refractivity contribution in [2.24, 2.45) is 0 Å². The minimum Gasteiger partial charge on any atom is -0.615 e. The van der Waals surface area contributed by atoms with Gasteiger partial charge in [0.15, 0.2) is 5.25 Å². The fourth-order valence-corrected chi connectivity index (χ4v) is 4.14. The third kappa shape index (κ3) is 3.67. The van der Waals surface area contributed by atoms with Crippen LogP contribution in [0.25, 0.3) is 0 Å². The largest absolute Gasteiger partial charge is 0.615 e. The summed E-state index contributed by atoms with van der Waals surface area (Å²) in [6.07, 6.45) is 1.35. The van der Waals surface area contributed by atoms with Gasteiger partial charge in [-0.3, -0.25) is 9.78 Å². The fourth-order valence-electron chi connectivity index (χ4n) is 2.54. The zero-order chi connectivity index (χ0) is 16.9. The van der Waals surface area contributed by atoms with Gasteiger partial charge in [-0.2, -0.15) is 0 Å². The van der Waals surface area contributed by atoms with Crippen molar-refractivity contribution in [3.05, 3.63) is 104 Å². The van der Waals surface area contributed by atoms with Crippen molar-refractivity contribution in [3.8, 4) is 0 Å². The maximum absolute atomic E-state index is 13.0. The number of hydrogen-bond donors (Lipinski definition) is 2. The Balaban J connectivity index is 2.02. The Morgan fingerprint density at radius 3 is 2.21 bits per heavy atom. The van der Waals surface area contributed by atoms with Crippen molar-refractivity contribution in [2.75, 3.05) is 0 Å². The van der Waals surface area contributed by atoms with E-state index in [0.717, 1.165) is 11.1 Å². The van der Waals surface area contributed by atoms with E-state index in [2.05, 4.69) is 9.97 Å². The predicted octanol–water partition coefficient (Wildman–Crippen LogP) is 2.10. The average molecular weight is 340 g/mol. The summed E-state index contributed by atoms with van der Waals surface area (Å²) in [5, 5.41) is -0.619. The molecule has 2 aromatic carbocycles. The molecule has 1 heterocycles. The van der Waals surface area contributed by atoms with Crippen LogP contribution in [0.3, 0.4) is 0 Å². The van der Waals surface area contributed by atoms with Crippen LogP contribution >= 0.6 is 0 Å². The first-order valence-electron chi connectivity index (χ1n) is 7.43. The van der Waals surface area contributed by atoms with E-state index in [1.165, 1.54) is 6.20 Å². The highest BCUT2D eigenvalue weighted by atomic mass is 32.2. The van der Waals surface area contributed by atoms with E-state index in [1.54, 1.807) is 0 Å². The summed E-state index contributed by atoms with van der Waals surface area (Å²) in [6.45, 7) is 0. The van der Waals surface area contributed by atoms with Crippen LogP contribution in [0.15, 0.2) is 76.4 Å². The van der Waals surface area contributed by atoms with Crippen LogP contribution in [0.5, 0.6) is 0 Å². The molecule has 122 valence electrons. The van der Waals surface area contributed by atoms with Crippen molar-refractivity contribution in [1.29, 1.82) is 0 Å². The monoisotopic (exact) mass is 340 g/mol. The van der Waals surface area contributed by atoms with Crippen LogP contribution in [-0.2, 0) is 16.9 Å². The maximum Gasteiger partial charge on any atom is 0.325 e. The zero-order valence-corrected chi connectivity index (χ0v) is 13.6. The van der Waals surface area contributed by atoms with Crippen LogP contribution in [-0.4, -0.2) is 14.5 Å². The van der Waals surface area contributed by atoms with Gasteiger partial charge in [-0.05, 0) is 11.2 Å². The molecule has 0 fully saturated rings. The smallest absolute Gasteiger partial charge is 0.325 e. The molecule has 24 heavy (non-hydrogen) atoms. The lowest BCUT2D eigenvalue weighted by Gasteiger charge is -2.22. The van der Waals surface area contributed by atoms with E-state index in [4.69, 9.17) is 0 Å². The maximum atomic E-state index is 13.0. The van der Waals surface area contributed by atoms with Gasteiger partial charge in [0, 0.05) is 17.3 Å². The standard InChI is InChI=1S/C18H16N2O3S/c21-17-15(11-19-18(22)20-17)16(14-9-5-2-6-10-14)24(23)12-13-7-3-1-4-8-13/h1-11,16H,12H2,(H2,19,20,21,22). The van der Waals surface area contributed by atoms with E-state index >= 15 is 0 Å². The summed E-state index contributed by atoms with van der Waals surface area (Å²) in [4.78, 5) is 28.1. The first-order valence-corrected chi connectivity index (χ1v) is 8.81. The Morgan fingerprint density at radius 1 is 0.958 bits per heavy atom. The highest BCUT2D eigenvalue weighted by Gasteiger charge is 2.29. The minimum absolute atomic E-state index is 0.287. The number of rotatable bonds is 5. The van der Waals surface area contributed by atoms with E-state index < -0.39 is 27.7 Å². The normalized spacial score (nSPS) is 13.4. The number of H-pyrrole nitrogens is 2. The molecule has 0 saturated heterocycles. The molecule has 0 spiro atoms. The van der Waals surface area contributed by atoms with E-state index in [0.29, 0.717) is 5.75 Å². The number of hydrogen-bond acceptors (Lipinski definition) is 3. The van der Waals surface area contributed by atoms with Crippen LogP contribution in [0.2, 0.25) is 0 Å². The Kier molecular flexibility index (Phi) is 4.98. The van der Waals surface area contributed by atoms with Gasteiger partial charge in [0.05, 0.1) is 5.56 Å². The average Bonchev–Trinajstić information content (AvgIpc) is 2.59. The Morgan fingerprint density at radius 2 is 1.58 bits per heavy atom. The van der Waals surface area contributed by atoms with Crippen molar-refractivity contribution in [2.45, 2.75) is 11.0 Å². The molecule has 0 radical (unpaired) electrons. The van der Waals surface area contributed by atoms with Crippen molar-refractivity contribution in [1.82, 2.24) is 9.97 Å². The van der Waals surface area contributed by atoms with Gasteiger partial charge in [0.2, 0.25) is 0 Å². The Bertz CT molecular complexity index is 907. The Hall–Kier alpha value is -2.57. The lowest BCUT2D eigenvalue weighted by atomic mass is 10.1. The topological polar surface area (TPSA) is 88.8 Å². The summed E-state index contributed by atoms with van der Waals surface area (Å²) in [6, 6.07) is 18.7. The summed E-state index contributed by atoms with van der Waals surface area (Å²) < 4.78 is 13.0. The van der Waals surface area contributed by atoms with Gasteiger partial charge in [-0.15, -0.1) is 0 Å². The summed E-state index contributed by atoms with van der Waals surface area (Å²) in [5.74, 6) is 0.318. The van der Waals surface area contributed by atoms with Crippen molar-refractivity contribution in [3.63, 3.8) is 0 Å². The Labute approximate surface area is 141 Å². The van der Waals surface area contributed by atoms with Crippen LogP contribution in [0.4, 0.5) is 0 Å². The molecule has 3 rings (SSSR count). The zero-order valence-electron chi connectivity index (χ0n) is 12.8. The molecule has 0 aliphatic heterocycles. The molecule has 0 aliphatic carbocycles. The lowest BCUT2D eigenvalue weighted by molar-refractivity contribution is 0.586. The van der Waals surface area contributed by atoms with E-state index in [1.807, 2.05) is 60.7 Å². The third-order valence-corrected chi connectivity index (χ3v) is 5.32. The summed E-state index contributed by atoms with van der Waals surface area (Å²) >= 11 is -1.37. The van der Waals surface area contributed by atoms with Gasteiger partial charge in [0.25, 0.3) is 5.56 Å². The highest BCUT2D eigenvalue weighted by molar-refractivity contribution is 7.91. The van der Waals surface area contributed by atoms with Crippen LogP contribution in [0, 0.1) is 0 Å². The molecular formula is C18H16N2O3S. The quantitative estimate of drug-likeness (QED) is 0.697. The van der Waals surface area contributed by atoms with Gasteiger partial charge < -0.3 is 9.54 Å². The molecule has 6 heteroatoms. The molecule has 0 bridgehead atoms. The second-order valence-corrected chi connectivity index (χ2v) is 6.85. The van der Waals surface area contributed by atoms with E-state index in [-0.39, 0.29) is 5.56 Å². The molecule has 3 aromatic rings. The lowest BCUT2D eigenvalue weighted by Crippen LogP contribution is -2.29. The van der Waals surface area contributed by atoms with Gasteiger partial charge in [-0.25, -0.2) is 4.79 Å². The molecule has 2 atom stereocenters. The number of aromatic nitrogens is 2. The summed E-state index contributed by atoms with van der Waals surface area (Å²) in [7, 11) is 0. The summed E-state index contributed by atoms with van der Waals surface area (Å²) in [5.41, 5.74) is 0.885. The van der Waals surface area contributed by atoms with Crippen LogP contribution in [0.1, 0.15) is 21.9 Å². The molecule has 2 unspecified atom stereocenters. The highest BCUT2D eigenvalue weighted by Crippen LogP contribution is 2.30. The molecule has 0 amide bonds. The van der Waals surface area contributed by atoms with E-state index in [9.17, 15) is 14.1 Å². The first-order chi connectivity index (χ1) is 11.6. The molecular weight excluding hydrogens is 324 g/mol. The van der Waals surface area contributed by atoms with Gasteiger partial charge in [0.1, 0.15) is 5.75 Å². The van der Waals surface area contributed by atoms with Crippen molar-refractivity contribution >= 4 is 11.2 Å². The minimum atomic E-state index is -1.37.